The van der Waals surface area contributed by atoms with Crippen LogP contribution in [0.5, 0.6) is 0 Å². The highest BCUT2D eigenvalue weighted by Gasteiger charge is 1.99. The van der Waals surface area contributed by atoms with E-state index in [1.54, 1.807) is 0 Å². The number of fused-ring (bicyclic) bond motifs is 1. The molecule has 2 aromatic rings. The van der Waals surface area contributed by atoms with Crippen molar-refractivity contribution in [2.75, 3.05) is 0 Å². The fraction of sp³-hybridized carbons (Fsp3) is 0.200. The molecule has 0 saturated heterocycles. The molecular weight excluding hydrogens is 152 g/mol. The minimum atomic E-state index is 1.37. The zero-order valence-corrected chi connectivity index (χ0v) is 7.53. The van der Waals surface area contributed by atoms with Crippen LogP contribution in [0.3, 0.4) is 0 Å². The Hall–Kier alpha value is -0.820. The average Bonchev–Trinajstić information content (AvgIpc) is 2.45. The van der Waals surface area contributed by atoms with Gasteiger partial charge in [0.2, 0.25) is 0 Å². The van der Waals surface area contributed by atoms with Gasteiger partial charge >= 0.3 is 0 Å². The zero-order chi connectivity index (χ0) is 7.84. The Morgan fingerprint density at radius 1 is 1.09 bits per heavy atom. The summed E-state index contributed by atoms with van der Waals surface area (Å²) in [7, 11) is 0. The van der Waals surface area contributed by atoms with Crippen molar-refractivity contribution in [2.24, 2.45) is 0 Å². The van der Waals surface area contributed by atoms with E-state index in [4.69, 9.17) is 0 Å². The third kappa shape index (κ3) is 0.962. The minimum absolute atomic E-state index is 1.37. The van der Waals surface area contributed by atoms with E-state index in [2.05, 4.69) is 37.4 Å². The van der Waals surface area contributed by atoms with Crippen LogP contribution in [-0.2, 0) is 0 Å². The average molecular weight is 162 g/mol. The van der Waals surface area contributed by atoms with Crippen LogP contribution in [-0.4, -0.2) is 0 Å². The van der Waals surface area contributed by atoms with Crippen LogP contribution >= 0.6 is 11.3 Å². The van der Waals surface area contributed by atoms with Crippen LogP contribution in [0.1, 0.15) is 11.1 Å². The van der Waals surface area contributed by atoms with E-state index in [0.29, 0.717) is 0 Å². The minimum Gasteiger partial charge on any atom is -0.144 e. The fourth-order valence-electron chi connectivity index (χ4n) is 1.27. The summed E-state index contributed by atoms with van der Waals surface area (Å²) < 4.78 is 1.44. The first kappa shape index (κ1) is 6.86. The van der Waals surface area contributed by atoms with Crippen molar-refractivity contribution in [3.63, 3.8) is 0 Å². The monoisotopic (exact) mass is 162 g/mol. The van der Waals surface area contributed by atoms with E-state index in [0.717, 1.165) is 0 Å². The molecule has 1 heteroatoms. The normalized spacial score (nSPS) is 10.7. The lowest BCUT2D eigenvalue weighted by Crippen LogP contribution is -1.77. The summed E-state index contributed by atoms with van der Waals surface area (Å²) in [5.41, 5.74) is 2.82. The second-order valence-corrected chi connectivity index (χ2v) is 3.76. The van der Waals surface area contributed by atoms with Gasteiger partial charge in [-0.15, -0.1) is 11.3 Å². The molecule has 1 aromatic carbocycles. The van der Waals surface area contributed by atoms with E-state index in [-0.39, 0.29) is 0 Å². The quantitative estimate of drug-likeness (QED) is 0.556. The maximum absolute atomic E-state index is 2.19. The summed E-state index contributed by atoms with van der Waals surface area (Å²) in [6.07, 6.45) is 0. The Labute approximate surface area is 70.5 Å². The van der Waals surface area contributed by atoms with Crippen LogP contribution in [0.2, 0.25) is 0 Å². The summed E-state index contributed by atoms with van der Waals surface area (Å²) in [5.74, 6) is 0. The van der Waals surface area contributed by atoms with Gasteiger partial charge in [0.15, 0.2) is 0 Å². The summed E-state index contributed by atoms with van der Waals surface area (Å²) in [4.78, 5) is 0. The van der Waals surface area contributed by atoms with Gasteiger partial charge in [0, 0.05) is 4.70 Å². The molecule has 2 rings (SSSR count). The van der Waals surface area contributed by atoms with Gasteiger partial charge in [-0.25, -0.2) is 0 Å². The summed E-state index contributed by atoms with van der Waals surface area (Å²) in [6.45, 7) is 4.35. The Kier molecular flexibility index (Phi) is 1.46. The second-order valence-electron chi connectivity index (χ2n) is 2.85. The molecule has 0 radical (unpaired) electrons. The maximum Gasteiger partial charge on any atom is 0.0374 e. The number of hydrogen-bond donors (Lipinski definition) is 0. The first-order chi connectivity index (χ1) is 5.29. The smallest absolute Gasteiger partial charge is 0.0374 e. The highest BCUT2D eigenvalue weighted by molar-refractivity contribution is 7.17. The van der Waals surface area contributed by atoms with Gasteiger partial charge in [0.1, 0.15) is 0 Å². The lowest BCUT2D eigenvalue weighted by atomic mass is 10.1. The van der Waals surface area contributed by atoms with Crippen molar-refractivity contribution in [2.45, 2.75) is 13.8 Å². The second kappa shape index (κ2) is 2.35. The van der Waals surface area contributed by atoms with Crippen molar-refractivity contribution >= 4 is 21.4 Å². The lowest BCUT2D eigenvalue weighted by molar-refractivity contribution is 1.39. The van der Waals surface area contributed by atoms with Gasteiger partial charge in [0.25, 0.3) is 0 Å². The van der Waals surface area contributed by atoms with E-state index >= 15 is 0 Å². The molecule has 0 unspecified atom stereocenters. The molecule has 0 saturated carbocycles. The Bertz CT molecular complexity index is 385. The lowest BCUT2D eigenvalue weighted by Gasteiger charge is -1.99. The molecule has 0 N–H and O–H groups in total. The van der Waals surface area contributed by atoms with Crippen molar-refractivity contribution in [1.82, 2.24) is 0 Å². The van der Waals surface area contributed by atoms with Crippen molar-refractivity contribution in [3.8, 4) is 0 Å². The topological polar surface area (TPSA) is 0 Å². The maximum atomic E-state index is 2.19. The SMILES string of the molecule is Cc1ccc2ccsc2c1C. The molecule has 0 aliphatic rings. The number of thiophene rings is 1. The Morgan fingerprint density at radius 3 is 2.73 bits per heavy atom. The van der Waals surface area contributed by atoms with E-state index in [1.165, 1.54) is 21.2 Å². The van der Waals surface area contributed by atoms with E-state index in [9.17, 15) is 0 Å². The molecule has 11 heavy (non-hydrogen) atoms. The Balaban J connectivity index is 2.93. The third-order valence-corrected chi connectivity index (χ3v) is 3.19. The highest BCUT2D eigenvalue weighted by Crippen LogP contribution is 2.26. The van der Waals surface area contributed by atoms with Gasteiger partial charge in [-0.3, -0.25) is 0 Å². The number of benzene rings is 1. The molecule has 0 fully saturated rings. The van der Waals surface area contributed by atoms with Crippen molar-refractivity contribution < 1.29 is 0 Å². The predicted octanol–water partition coefficient (Wildman–Crippen LogP) is 3.52. The number of rotatable bonds is 0. The van der Waals surface area contributed by atoms with Gasteiger partial charge < -0.3 is 0 Å². The van der Waals surface area contributed by atoms with Crippen LogP contribution in [0.25, 0.3) is 10.1 Å². The Morgan fingerprint density at radius 2 is 1.91 bits per heavy atom. The fourth-order valence-corrected chi connectivity index (χ4v) is 2.23. The summed E-state index contributed by atoms with van der Waals surface area (Å²) in [6, 6.07) is 6.55. The zero-order valence-electron chi connectivity index (χ0n) is 6.72. The van der Waals surface area contributed by atoms with Crippen LogP contribution in [0.4, 0.5) is 0 Å². The standard InChI is InChI=1S/C10H10S/c1-7-3-4-9-5-6-11-10(9)8(7)2/h3-6H,1-2H3. The van der Waals surface area contributed by atoms with Gasteiger partial charge in [-0.1, -0.05) is 12.1 Å². The van der Waals surface area contributed by atoms with Gasteiger partial charge in [-0.2, -0.15) is 0 Å². The molecule has 0 aliphatic heterocycles. The predicted molar refractivity (Wildman–Crippen MR) is 51.3 cm³/mol. The first-order valence-corrected chi connectivity index (χ1v) is 4.60. The molecule has 0 aliphatic carbocycles. The first-order valence-electron chi connectivity index (χ1n) is 3.72. The van der Waals surface area contributed by atoms with Crippen molar-refractivity contribution in [3.05, 3.63) is 34.7 Å². The molecule has 1 heterocycles. The van der Waals surface area contributed by atoms with Crippen LogP contribution in [0, 0.1) is 13.8 Å². The number of aryl methyl sites for hydroxylation is 2. The van der Waals surface area contributed by atoms with Crippen molar-refractivity contribution in [1.29, 1.82) is 0 Å². The summed E-state index contributed by atoms with van der Waals surface area (Å²) in [5, 5.41) is 3.52. The molecule has 0 nitrogen and oxygen atoms in total. The highest BCUT2D eigenvalue weighted by atomic mass is 32.1. The molecular formula is C10H10S. The molecule has 0 bridgehead atoms. The van der Waals surface area contributed by atoms with Crippen LogP contribution in [0.15, 0.2) is 23.6 Å². The molecule has 1 aromatic heterocycles. The van der Waals surface area contributed by atoms with Crippen LogP contribution < -0.4 is 0 Å². The largest absolute Gasteiger partial charge is 0.144 e. The van der Waals surface area contributed by atoms with E-state index in [1.807, 2.05) is 11.3 Å². The van der Waals surface area contributed by atoms with E-state index < -0.39 is 0 Å². The molecule has 56 valence electrons. The van der Waals surface area contributed by atoms with Gasteiger partial charge in [0.05, 0.1) is 0 Å². The number of hydrogen-bond acceptors (Lipinski definition) is 1. The molecule has 0 atom stereocenters. The molecule has 0 amide bonds. The third-order valence-electron chi connectivity index (χ3n) is 2.14. The molecule has 0 spiro atoms. The summed E-state index contributed by atoms with van der Waals surface area (Å²) >= 11 is 1.83. The van der Waals surface area contributed by atoms with Gasteiger partial charge in [-0.05, 0) is 41.8 Å².